The molecule has 7 heteroatoms. The second-order valence-corrected chi connectivity index (χ2v) is 6.26. The van der Waals surface area contributed by atoms with Gasteiger partial charge in [-0.05, 0) is 37.8 Å². The van der Waals surface area contributed by atoms with E-state index in [0.29, 0.717) is 26.1 Å². The Balaban J connectivity index is 1.82. The van der Waals surface area contributed by atoms with Gasteiger partial charge in [0.15, 0.2) is 0 Å². The van der Waals surface area contributed by atoms with Crippen molar-refractivity contribution in [2.45, 2.75) is 33.1 Å². The molecule has 2 N–H and O–H groups in total. The summed E-state index contributed by atoms with van der Waals surface area (Å²) in [7, 11) is 0. The summed E-state index contributed by atoms with van der Waals surface area (Å²) in [5.41, 5.74) is 1.81. The first kappa shape index (κ1) is 19.8. The number of amides is 3. The molecule has 1 aliphatic heterocycles. The first-order valence-corrected chi connectivity index (χ1v) is 9.12. The van der Waals surface area contributed by atoms with Crippen LogP contribution in [-0.4, -0.2) is 49.0 Å². The van der Waals surface area contributed by atoms with Crippen molar-refractivity contribution in [2.75, 3.05) is 31.6 Å². The van der Waals surface area contributed by atoms with E-state index in [1.807, 2.05) is 31.2 Å². The normalized spacial score (nSPS) is 16.7. The molecule has 0 spiro atoms. The molecular weight excluding hydrogens is 334 g/mol. The molecule has 0 bridgehead atoms. The third kappa shape index (κ3) is 5.47. The summed E-state index contributed by atoms with van der Waals surface area (Å²) >= 11 is 0. The molecule has 7 nitrogen and oxygen atoms in total. The van der Waals surface area contributed by atoms with Gasteiger partial charge in [-0.15, -0.1) is 0 Å². The molecule has 0 unspecified atom stereocenters. The van der Waals surface area contributed by atoms with Gasteiger partial charge < -0.3 is 20.3 Å². The number of benzene rings is 1. The van der Waals surface area contributed by atoms with Gasteiger partial charge in [-0.3, -0.25) is 9.59 Å². The molecule has 1 fully saturated rings. The number of carbonyl (C=O) groups excluding carboxylic acids is 3. The van der Waals surface area contributed by atoms with Crippen molar-refractivity contribution in [1.29, 1.82) is 0 Å². The van der Waals surface area contributed by atoms with Crippen LogP contribution in [0.3, 0.4) is 0 Å². The summed E-state index contributed by atoms with van der Waals surface area (Å²) in [4.78, 5) is 37.8. The Kier molecular flexibility index (Phi) is 7.44. The molecule has 0 radical (unpaired) electrons. The number of piperidine rings is 1. The number of hydrogen-bond donors (Lipinski definition) is 2. The zero-order valence-corrected chi connectivity index (χ0v) is 15.4. The van der Waals surface area contributed by atoms with Gasteiger partial charge in [0.1, 0.15) is 0 Å². The van der Waals surface area contributed by atoms with Gasteiger partial charge in [0, 0.05) is 18.8 Å². The number of para-hydroxylation sites is 1. The van der Waals surface area contributed by atoms with Crippen molar-refractivity contribution in [3.05, 3.63) is 29.8 Å². The van der Waals surface area contributed by atoms with Crippen LogP contribution >= 0.6 is 0 Å². The smallest absolute Gasteiger partial charge is 0.409 e. The fourth-order valence-corrected chi connectivity index (χ4v) is 3.03. The number of aryl methyl sites for hydroxylation is 1. The lowest BCUT2D eigenvalue weighted by Gasteiger charge is -2.31. The molecule has 26 heavy (non-hydrogen) atoms. The van der Waals surface area contributed by atoms with E-state index in [-0.39, 0.29) is 30.4 Å². The lowest BCUT2D eigenvalue weighted by atomic mass is 9.97. The van der Waals surface area contributed by atoms with Crippen LogP contribution in [-0.2, 0) is 20.7 Å². The van der Waals surface area contributed by atoms with Crippen molar-refractivity contribution in [3.8, 4) is 0 Å². The van der Waals surface area contributed by atoms with E-state index in [2.05, 4.69) is 10.6 Å². The monoisotopic (exact) mass is 361 g/mol. The van der Waals surface area contributed by atoms with Crippen molar-refractivity contribution >= 4 is 23.6 Å². The number of nitrogens with zero attached hydrogens (tertiary/aromatic N) is 1. The second kappa shape index (κ2) is 9.79. The molecule has 1 aromatic rings. The highest BCUT2D eigenvalue weighted by Crippen LogP contribution is 2.18. The number of hydrogen-bond acceptors (Lipinski definition) is 4. The highest BCUT2D eigenvalue weighted by atomic mass is 16.6. The van der Waals surface area contributed by atoms with Gasteiger partial charge in [-0.2, -0.15) is 0 Å². The predicted octanol–water partition coefficient (Wildman–Crippen LogP) is 2.17. The summed E-state index contributed by atoms with van der Waals surface area (Å²) in [5, 5.41) is 5.50. The minimum atomic E-state index is -0.390. The first-order valence-electron chi connectivity index (χ1n) is 9.12. The Hall–Kier alpha value is -2.57. The van der Waals surface area contributed by atoms with Gasteiger partial charge in [0.05, 0.1) is 19.1 Å². The Bertz CT molecular complexity index is 647. The first-order chi connectivity index (χ1) is 12.5. The number of rotatable bonds is 6. The van der Waals surface area contributed by atoms with Crippen LogP contribution in [0.4, 0.5) is 10.5 Å². The summed E-state index contributed by atoms with van der Waals surface area (Å²) in [6.07, 6.45) is 1.86. The van der Waals surface area contributed by atoms with E-state index in [0.717, 1.165) is 24.1 Å². The maximum Gasteiger partial charge on any atom is 0.409 e. The number of anilines is 1. The topological polar surface area (TPSA) is 87.7 Å². The van der Waals surface area contributed by atoms with Crippen molar-refractivity contribution < 1.29 is 19.1 Å². The van der Waals surface area contributed by atoms with E-state index in [9.17, 15) is 14.4 Å². The van der Waals surface area contributed by atoms with Crippen LogP contribution in [0.5, 0.6) is 0 Å². The summed E-state index contributed by atoms with van der Waals surface area (Å²) in [5.74, 6) is -0.792. The van der Waals surface area contributed by atoms with Crippen LogP contribution in [0.25, 0.3) is 0 Å². The number of ether oxygens (including phenoxy) is 1. The van der Waals surface area contributed by atoms with E-state index < -0.39 is 0 Å². The van der Waals surface area contributed by atoms with Gasteiger partial charge in [-0.25, -0.2) is 4.79 Å². The third-order valence-corrected chi connectivity index (χ3v) is 4.41. The molecular formula is C19H27N3O4. The summed E-state index contributed by atoms with van der Waals surface area (Å²) in [6.45, 7) is 4.91. The molecule has 1 aliphatic rings. The maximum absolute atomic E-state index is 12.3. The van der Waals surface area contributed by atoms with E-state index in [1.54, 1.807) is 11.8 Å². The highest BCUT2D eigenvalue weighted by molar-refractivity contribution is 5.95. The Morgan fingerprint density at radius 1 is 1.23 bits per heavy atom. The highest BCUT2D eigenvalue weighted by Gasteiger charge is 2.29. The summed E-state index contributed by atoms with van der Waals surface area (Å²) in [6, 6.07) is 7.59. The molecule has 2 rings (SSSR count). The standard InChI is InChI=1S/C19H27N3O4/c1-3-14-8-5-6-10-16(14)21-17(23)12-20-18(24)15-9-7-11-22(13-15)19(25)26-4-2/h5-6,8,10,15H,3-4,7,9,11-13H2,1-2H3,(H,20,24)(H,21,23)/t15-/m1/s1. The van der Waals surface area contributed by atoms with Crippen LogP contribution in [0.1, 0.15) is 32.3 Å². The second-order valence-electron chi connectivity index (χ2n) is 6.26. The predicted molar refractivity (Wildman–Crippen MR) is 98.8 cm³/mol. The van der Waals surface area contributed by atoms with Gasteiger partial charge >= 0.3 is 6.09 Å². The quantitative estimate of drug-likeness (QED) is 0.813. The molecule has 142 valence electrons. The Labute approximate surface area is 154 Å². The summed E-state index contributed by atoms with van der Waals surface area (Å²) < 4.78 is 4.99. The number of nitrogens with one attached hydrogen (secondary N) is 2. The van der Waals surface area contributed by atoms with Gasteiger partial charge in [0.25, 0.3) is 0 Å². The lowest BCUT2D eigenvalue weighted by Crippen LogP contribution is -2.46. The molecule has 1 saturated heterocycles. The molecule has 3 amide bonds. The van der Waals surface area contributed by atoms with Crippen LogP contribution < -0.4 is 10.6 Å². The number of likely N-dealkylation sites (tertiary alicyclic amines) is 1. The van der Waals surface area contributed by atoms with E-state index >= 15 is 0 Å². The molecule has 0 saturated carbocycles. The maximum atomic E-state index is 12.3. The van der Waals surface area contributed by atoms with E-state index in [1.165, 1.54) is 0 Å². The average molecular weight is 361 g/mol. The lowest BCUT2D eigenvalue weighted by molar-refractivity contribution is -0.128. The van der Waals surface area contributed by atoms with Crippen LogP contribution in [0, 0.1) is 5.92 Å². The third-order valence-electron chi connectivity index (χ3n) is 4.41. The average Bonchev–Trinajstić information content (AvgIpc) is 2.67. The fraction of sp³-hybridized carbons (Fsp3) is 0.526. The zero-order chi connectivity index (χ0) is 18.9. The molecule has 0 aliphatic carbocycles. The molecule has 1 atom stereocenters. The Morgan fingerprint density at radius 2 is 2.00 bits per heavy atom. The molecule has 1 aromatic carbocycles. The Morgan fingerprint density at radius 3 is 2.73 bits per heavy atom. The minimum absolute atomic E-state index is 0.0905. The van der Waals surface area contributed by atoms with Gasteiger partial charge in [-0.1, -0.05) is 25.1 Å². The SMILES string of the molecule is CCOC(=O)N1CCC[C@@H](C(=O)NCC(=O)Nc2ccccc2CC)C1. The van der Waals surface area contributed by atoms with Crippen molar-refractivity contribution in [3.63, 3.8) is 0 Å². The van der Waals surface area contributed by atoms with E-state index in [4.69, 9.17) is 4.74 Å². The molecule has 0 aromatic heterocycles. The van der Waals surface area contributed by atoms with Crippen molar-refractivity contribution in [2.24, 2.45) is 5.92 Å². The van der Waals surface area contributed by atoms with Crippen LogP contribution in [0.2, 0.25) is 0 Å². The largest absolute Gasteiger partial charge is 0.450 e. The number of carbonyl (C=O) groups is 3. The minimum Gasteiger partial charge on any atom is -0.450 e. The van der Waals surface area contributed by atoms with Gasteiger partial charge in [0.2, 0.25) is 11.8 Å². The molecule has 1 heterocycles. The van der Waals surface area contributed by atoms with Crippen LogP contribution in [0.15, 0.2) is 24.3 Å². The van der Waals surface area contributed by atoms with Crippen molar-refractivity contribution in [1.82, 2.24) is 10.2 Å². The fourth-order valence-electron chi connectivity index (χ4n) is 3.03. The zero-order valence-electron chi connectivity index (χ0n) is 15.4.